The van der Waals surface area contributed by atoms with Crippen molar-refractivity contribution >= 4 is 17.7 Å². The predicted octanol–water partition coefficient (Wildman–Crippen LogP) is 2.18. The number of carbonyl (C=O) groups is 1. The quantitative estimate of drug-likeness (QED) is 0.375. The third-order valence-corrected chi connectivity index (χ3v) is 2.84. The van der Waals surface area contributed by atoms with Crippen LogP contribution < -0.4 is 0 Å². The Hall–Kier alpha value is -2.64. The third-order valence-electron chi connectivity index (χ3n) is 2.84. The zero-order chi connectivity index (χ0) is 16.2. The van der Waals surface area contributed by atoms with E-state index in [1.54, 1.807) is 13.8 Å². The maximum Gasteiger partial charge on any atom is 0.315 e. The van der Waals surface area contributed by atoms with Gasteiger partial charge in [-0.15, -0.1) is 0 Å². The minimum Gasteiger partial charge on any atom is -0.504 e. The van der Waals surface area contributed by atoms with Crippen LogP contribution in [0.2, 0.25) is 0 Å². The van der Waals surface area contributed by atoms with Gasteiger partial charge in [0, 0.05) is 19.2 Å². The van der Waals surface area contributed by atoms with Gasteiger partial charge >= 0.3 is 5.69 Å². The van der Waals surface area contributed by atoms with Crippen LogP contribution in [0.5, 0.6) is 11.5 Å². The van der Waals surface area contributed by atoms with Crippen LogP contribution >= 0.6 is 0 Å². The maximum atomic E-state index is 13.8. The molecule has 0 aliphatic carbocycles. The number of halogens is 1. The van der Waals surface area contributed by atoms with Crippen LogP contribution in [0, 0.1) is 10.1 Å². The molecule has 8 heteroatoms. The Bertz CT molecular complexity index is 596. The number of nitro benzene ring substituents is 1. The van der Waals surface area contributed by atoms with Gasteiger partial charge in [-0.25, -0.2) is 4.39 Å². The summed E-state index contributed by atoms with van der Waals surface area (Å²) >= 11 is 0. The summed E-state index contributed by atoms with van der Waals surface area (Å²) in [5, 5.41) is 29.4. The van der Waals surface area contributed by atoms with Gasteiger partial charge in [0.2, 0.25) is 5.75 Å². The number of phenols is 2. The highest BCUT2D eigenvalue weighted by atomic mass is 19.1. The van der Waals surface area contributed by atoms with Crippen molar-refractivity contribution in [3.63, 3.8) is 0 Å². The van der Waals surface area contributed by atoms with Gasteiger partial charge < -0.3 is 15.1 Å². The topological polar surface area (TPSA) is 104 Å². The van der Waals surface area contributed by atoms with Gasteiger partial charge in [0.05, 0.1) is 4.92 Å². The number of hydrogen-bond acceptors (Lipinski definition) is 5. The van der Waals surface area contributed by atoms with E-state index in [-0.39, 0.29) is 5.56 Å². The summed E-state index contributed by atoms with van der Waals surface area (Å²) < 4.78 is 13.8. The lowest BCUT2D eigenvalue weighted by Gasteiger charge is -2.17. The molecule has 0 saturated carbocycles. The number of carbonyl (C=O) groups excluding carboxylic acids is 1. The van der Waals surface area contributed by atoms with Crippen molar-refractivity contribution in [1.29, 1.82) is 0 Å². The van der Waals surface area contributed by atoms with Crippen molar-refractivity contribution in [2.45, 2.75) is 13.8 Å². The van der Waals surface area contributed by atoms with Crippen molar-refractivity contribution in [2.24, 2.45) is 0 Å². The number of amides is 1. The Morgan fingerprint density at radius 3 is 2.43 bits per heavy atom. The molecule has 0 bridgehead atoms. The zero-order valence-electron chi connectivity index (χ0n) is 11.5. The lowest BCUT2D eigenvalue weighted by molar-refractivity contribution is -0.386. The molecule has 1 aromatic carbocycles. The molecule has 2 N–H and O–H groups in total. The number of phenolic OH excluding ortho intramolecular Hbond substituents is 2. The average molecular weight is 298 g/mol. The normalized spacial score (nSPS) is 11.3. The molecule has 0 saturated heterocycles. The molecule has 0 unspecified atom stereocenters. The number of rotatable bonds is 5. The van der Waals surface area contributed by atoms with E-state index in [1.807, 2.05) is 0 Å². The highest BCUT2D eigenvalue weighted by Gasteiger charge is 2.20. The van der Waals surface area contributed by atoms with E-state index in [0.717, 1.165) is 18.2 Å². The molecular weight excluding hydrogens is 283 g/mol. The summed E-state index contributed by atoms with van der Waals surface area (Å²) in [6.07, 6.45) is 0.771. The Labute approximate surface area is 120 Å². The van der Waals surface area contributed by atoms with Crippen LogP contribution in [0.1, 0.15) is 19.4 Å². The summed E-state index contributed by atoms with van der Waals surface area (Å²) in [4.78, 5) is 22.7. The predicted molar refractivity (Wildman–Crippen MR) is 73.4 cm³/mol. The molecule has 0 heterocycles. The van der Waals surface area contributed by atoms with Crippen LogP contribution in [-0.4, -0.2) is 39.0 Å². The fourth-order valence-corrected chi connectivity index (χ4v) is 1.72. The summed E-state index contributed by atoms with van der Waals surface area (Å²) in [6, 6.07) is 1.79. The second kappa shape index (κ2) is 6.69. The Morgan fingerprint density at radius 1 is 1.38 bits per heavy atom. The first kappa shape index (κ1) is 16.4. The van der Waals surface area contributed by atoms with E-state index in [1.165, 1.54) is 4.90 Å². The lowest BCUT2D eigenvalue weighted by atomic mass is 10.1. The highest BCUT2D eigenvalue weighted by molar-refractivity contribution is 5.95. The van der Waals surface area contributed by atoms with Gasteiger partial charge in [-0.1, -0.05) is 0 Å². The van der Waals surface area contributed by atoms with Crippen LogP contribution in [-0.2, 0) is 4.79 Å². The Kier molecular flexibility index (Phi) is 5.23. The standard InChI is InChI=1S/C13H15FN2O5/c1-3-15(4-2)13(19)9(14)5-8-6-10(16(20)21)12(18)11(17)7-8/h5-7,17-18H,3-4H2,1-2H3/b9-5-. The number of hydrogen-bond donors (Lipinski definition) is 2. The fraction of sp³-hybridized carbons (Fsp3) is 0.308. The number of nitrogens with zero attached hydrogens (tertiary/aromatic N) is 2. The second-order valence-corrected chi connectivity index (χ2v) is 4.13. The van der Waals surface area contributed by atoms with Gasteiger partial charge in [-0.3, -0.25) is 14.9 Å². The van der Waals surface area contributed by atoms with Crippen molar-refractivity contribution < 1.29 is 24.3 Å². The highest BCUT2D eigenvalue weighted by Crippen LogP contribution is 2.36. The number of nitro groups is 1. The fourth-order valence-electron chi connectivity index (χ4n) is 1.72. The first-order valence-corrected chi connectivity index (χ1v) is 6.18. The SMILES string of the molecule is CCN(CC)C(=O)/C(F)=C/c1cc(O)c(O)c([N+](=O)[O-])c1. The molecule has 1 aromatic rings. The van der Waals surface area contributed by atoms with E-state index >= 15 is 0 Å². The summed E-state index contributed by atoms with van der Waals surface area (Å²) in [5.74, 6) is -3.64. The van der Waals surface area contributed by atoms with Gasteiger partial charge in [0.1, 0.15) is 0 Å². The molecule has 0 radical (unpaired) electrons. The lowest BCUT2D eigenvalue weighted by Crippen LogP contribution is -2.30. The van der Waals surface area contributed by atoms with Gasteiger partial charge in [0.25, 0.3) is 5.91 Å². The molecule has 7 nitrogen and oxygen atoms in total. The summed E-state index contributed by atoms with van der Waals surface area (Å²) in [6.45, 7) is 4.01. The van der Waals surface area contributed by atoms with Crippen molar-refractivity contribution in [2.75, 3.05) is 13.1 Å². The maximum absolute atomic E-state index is 13.8. The van der Waals surface area contributed by atoms with E-state index in [2.05, 4.69) is 0 Å². The largest absolute Gasteiger partial charge is 0.504 e. The molecule has 0 fully saturated rings. The molecular formula is C13H15FN2O5. The number of likely N-dealkylation sites (N-methyl/N-ethyl adjacent to an activating group) is 1. The van der Waals surface area contributed by atoms with E-state index < -0.39 is 33.8 Å². The van der Waals surface area contributed by atoms with E-state index in [0.29, 0.717) is 13.1 Å². The average Bonchev–Trinajstić information content (AvgIpc) is 2.43. The molecule has 0 spiro atoms. The van der Waals surface area contributed by atoms with Crippen LogP contribution in [0.25, 0.3) is 6.08 Å². The first-order chi connectivity index (χ1) is 9.81. The molecule has 21 heavy (non-hydrogen) atoms. The first-order valence-electron chi connectivity index (χ1n) is 6.18. The zero-order valence-corrected chi connectivity index (χ0v) is 11.5. The van der Waals surface area contributed by atoms with E-state index in [4.69, 9.17) is 0 Å². The minimum atomic E-state index is -1.11. The molecule has 0 aromatic heterocycles. The summed E-state index contributed by atoms with van der Waals surface area (Å²) in [5.41, 5.74) is -0.876. The minimum absolute atomic E-state index is 0.102. The summed E-state index contributed by atoms with van der Waals surface area (Å²) in [7, 11) is 0. The van der Waals surface area contributed by atoms with Gasteiger partial charge in [-0.2, -0.15) is 0 Å². The van der Waals surface area contributed by atoms with Gasteiger partial charge in [0.15, 0.2) is 11.6 Å². The number of aromatic hydroxyl groups is 2. The molecule has 1 rings (SSSR count). The molecule has 0 aliphatic heterocycles. The molecule has 0 atom stereocenters. The smallest absolute Gasteiger partial charge is 0.315 e. The Morgan fingerprint density at radius 2 is 1.95 bits per heavy atom. The van der Waals surface area contributed by atoms with Crippen molar-refractivity contribution in [1.82, 2.24) is 4.90 Å². The molecule has 0 aliphatic rings. The van der Waals surface area contributed by atoms with Crippen LogP contribution in [0.15, 0.2) is 18.0 Å². The molecule has 1 amide bonds. The third kappa shape index (κ3) is 3.68. The second-order valence-electron chi connectivity index (χ2n) is 4.13. The van der Waals surface area contributed by atoms with Crippen LogP contribution in [0.4, 0.5) is 10.1 Å². The number of benzene rings is 1. The van der Waals surface area contributed by atoms with E-state index in [9.17, 15) is 29.5 Å². The monoisotopic (exact) mass is 298 g/mol. The van der Waals surface area contributed by atoms with Gasteiger partial charge in [-0.05, 0) is 31.6 Å². The molecule has 114 valence electrons. The van der Waals surface area contributed by atoms with Crippen molar-refractivity contribution in [3.05, 3.63) is 33.6 Å². The van der Waals surface area contributed by atoms with Crippen molar-refractivity contribution in [3.8, 4) is 11.5 Å². The Balaban J connectivity index is 3.20. The van der Waals surface area contributed by atoms with Crippen LogP contribution in [0.3, 0.4) is 0 Å².